The summed E-state index contributed by atoms with van der Waals surface area (Å²) in [4.78, 5) is 42.5. The monoisotopic (exact) mass is 495 g/mol. The number of benzene rings is 3. The number of rotatable bonds is 4. The Balaban J connectivity index is 1.27. The summed E-state index contributed by atoms with van der Waals surface area (Å²) >= 11 is 5.32. The van der Waals surface area contributed by atoms with Crippen LogP contribution in [0.2, 0.25) is 0 Å². The van der Waals surface area contributed by atoms with Crippen LogP contribution in [-0.2, 0) is 27.2 Å². The Labute approximate surface area is 213 Å². The van der Waals surface area contributed by atoms with Crippen molar-refractivity contribution in [3.63, 3.8) is 0 Å². The molecule has 3 aliphatic rings. The highest BCUT2D eigenvalue weighted by Gasteiger charge is 2.40. The van der Waals surface area contributed by atoms with Gasteiger partial charge in [-0.15, -0.1) is 0 Å². The summed E-state index contributed by atoms with van der Waals surface area (Å²) in [6.45, 7) is 0.610. The fourth-order valence-corrected chi connectivity index (χ4v) is 5.26. The van der Waals surface area contributed by atoms with Crippen LogP contribution in [0.4, 0.5) is 11.4 Å². The standard InChI is InChI=1S/C28H21N3O4S/c32-25-23(16-19-15-18-6-4-5-17-13-14-30(24(17)18)26(19)33)27(34)31(28(36)29-25)20-9-11-22(12-10-20)35-21-7-2-1-3-8-21/h1-12,16,19H,13-15H2,(H,29,32,36)/b23-16-. The van der Waals surface area contributed by atoms with Crippen molar-refractivity contribution in [2.24, 2.45) is 5.92 Å². The predicted molar refractivity (Wildman–Crippen MR) is 139 cm³/mol. The van der Waals surface area contributed by atoms with E-state index in [-0.39, 0.29) is 16.6 Å². The Morgan fingerprint density at radius 3 is 2.39 bits per heavy atom. The van der Waals surface area contributed by atoms with Gasteiger partial charge < -0.3 is 9.64 Å². The largest absolute Gasteiger partial charge is 0.457 e. The molecule has 0 saturated carbocycles. The number of ether oxygens (including phenoxy) is 1. The molecule has 3 amide bonds. The molecule has 3 aromatic rings. The van der Waals surface area contributed by atoms with Crippen LogP contribution < -0.4 is 19.9 Å². The number of nitrogens with one attached hydrogen (secondary N) is 1. The van der Waals surface area contributed by atoms with Gasteiger partial charge in [0.1, 0.15) is 17.1 Å². The molecule has 36 heavy (non-hydrogen) atoms. The van der Waals surface area contributed by atoms with Gasteiger partial charge in [-0.25, -0.2) is 0 Å². The van der Waals surface area contributed by atoms with Gasteiger partial charge in [0.05, 0.1) is 17.3 Å². The van der Waals surface area contributed by atoms with E-state index in [0.29, 0.717) is 30.2 Å². The van der Waals surface area contributed by atoms with Gasteiger partial charge in [0.25, 0.3) is 11.8 Å². The lowest BCUT2D eigenvalue weighted by Gasteiger charge is -2.32. The second kappa shape index (κ2) is 8.73. The minimum absolute atomic E-state index is 0.0108. The van der Waals surface area contributed by atoms with Gasteiger partial charge in [0.15, 0.2) is 5.11 Å². The molecule has 3 aliphatic heterocycles. The third-order valence-corrected chi connectivity index (χ3v) is 6.93. The summed E-state index contributed by atoms with van der Waals surface area (Å²) in [5.41, 5.74) is 3.59. The maximum absolute atomic E-state index is 13.5. The van der Waals surface area contributed by atoms with Crippen LogP contribution in [0.1, 0.15) is 11.1 Å². The van der Waals surface area contributed by atoms with Crippen molar-refractivity contribution in [1.29, 1.82) is 0 Å². The second-order valence-electron chi connectivity index (χ2n) is 8.86. The Hall–Kier alpha value is -4.30. The lowest BCUT2D eigenvalue weighted by Crippen LogP contribution is -2.54. The molecule has 3 heterocycles. The zero-order chi connectivity index (χ0) is 24.8. The number of hydrogen-bond acceptors (Lipinski definition) is 5. The highest BCUT2D eigenvalue weighted by Crippen LogP contribution is 2.39. The summed E-state index contributed by atoms with van der Waals surface area (Å²) in [5, 5.41) is 2.58. The van der Waals surface area contributed by atoms with Crippen LogP contribution in [0.25, 0.3) is 0 Å². The SMILES string of the molecule is O=C1NC(=S)N(c2ccc(Oc3ccccc3)cc2)C(=O)/C1=C\C1Cc2cccc3c2N(CC3)C1=O. The van der Waals surface area contributed by atoms with E-state index >= 15 is 0 Å². The highest BCUT2D eigenvalue weighted by molar-refractivity contribution is 7.80. The first-order valence-electron chi connectivity index (χ1n) is 11.7. The fourth-order valence-electron chi connectivity index (χ4n) is 4.98. The van der Waals surface area contributed by atoms with Gasteiger partial charge in [0.2, 0.25) is 5.91 Å². The molecule has 1 atom stereocenters. The third kappa shape index (κ3) is 3.76. The van der Waals surface area contributed by atoms with Crippen molar-refractivity contribution in [3.05, 3.63) is 95.6 Å². The quantitative estimate of drug-likeness (QED) is 0.337. The number of carbonyl (C=O) groups excluding carboxylic acids is 3. The number of anilines is 2. The van der Waals surface area contributed by atoms with Gasteiger partial charge in [-0.1, -0.05) is 42.5 Å². The van der Waals surface area contributed by atoms with Crippen molar-refractivity contribution in [1.82, 2.24) is 5.32 Å². The van der Waals surface area contributed by atoms with E-state index in [9.17, 15) is 14.4 Å². The summed E-state index contributed by atoms with van der Waals surface area (Å²) < 4.78 is 5.82. The van der Waals surface area contributed by atoms with E-state index in [1.54, 1.807) is 29.2 Å². The third-order valence-electron chi connectivity index (χ3n) is 6.64. The maximum Gasteiger partial charge on any atom is 0.269 e. The molecule has 1 saturated heterocycles. The number of carbonyl (C=O) groups is 3. The first kappa shape index (κ1) is 22.2. The highest BCUT2D eigenvalue weighted by atomic mass is 32.1. The number of thiocarbonyl (C=S) groups is 1. The number of hydrogen-bond donors (Lipinski definition) is 1. The van der Waals surface area contributed by atoms with Crippen LogP contribution in [0.5, 0.6) is 11.5 Å². The predicted octanol–water partition coefficient (Wildman–Crippen LogP) is 3.91. The molecule has 0 spiro atoms. The number of amides is 3. The van der Waals surface area contributed by atoms with Crippen molar-refractivity contribution in [3.8, 4) is 11.5 Å². The van der Waals surface area contributed by atoms with E-state index in [1.165, 1.54) is 11.0 Å². The van der Waals surface area contributed by atoms with Gasteiger partial charge in [-0.3, -0.25) is 24.6 Å². The minimum Gasteiger partial charge on any atom is -0.457 e. The lowest BCUT2D eigenvalue weighted by molar-refractivity contribution is -0.122. The molecule has 0 radical (unpaired) electrons. The molecular formula is C28H21N3O4S. The average Bonchev–Trinajstić information content (AvgIpc) is 3.32. The molecule has 178 valence electrons. The molecule has 1 fully saturated rings. The Kier molecular flexibility index (Phi) is 5.38. The smallest absolute Gasteiger partial charge is 0.269 e. The minimum atomic E-state index is -0.606. The van der Waals surface area contributed by atoms with Crippen LogP contribution in [0.15, 0.2) is 84.4 Å². The molecule has 0 aliphatic carbocycles. The van der Waals surface area contributed by atoms with Gasteiger partial charge in [-0.2, -0.15) is 0 Å². The van der Waals surface area contributed by atoms with Crippen LogP contribution in [-0.4, -0.2) is 29.4 Å². The molecule has 0 bridgehead atoms. The molecule has 7 nitrogen and oxygen atoms in total. The molecule has 0 aromatic heterocycles. The first-order chi connectivity index (χ1) is 17.5. The number of para-hydroxylation sites is 2. The molecule has 1 unspecified atom stereocenters. The maximum atomic E-state index is 13.5. The number of nitrogens with zero attached hydrogens (tertiary/aromatic N) is 2. The summed E-state index contributed by atoms with van der Waals surface area (Å²) in [5.74, 6) is -0.575. The normalized spacial score (nSPS) is 20.0. The Morgan fingerprint density at radius 2 is 1.61 bits per heavy atom. The summed E-state index contributed by atoms with van der Waals surface area (Å²) in [7, 11) is 0. The van der Waals surface area contributed by atoms with Crippen molar-refractivity contribution in [2.75, 3.05) is 16.3 Å². The van der Waals surface area contributed by atoms with Crippen LogP contribution in [0, 0.1) is 5.92 Å². The Bertz CT molecular complexity index is 1450. The van der Waals surface area contributed by atoms with Crippen molar-refractivity contribution in [2.45, 2.75) is 12.8 Å². The molecule has 8 heteroatoms. The van der Waals surface area contributed by atoms with E-state index < -0.39 is 17.7 Å². The van der Waals surface area contributed by atoms with Gasteiger partial charge in [-0.05, 0) is 72.6 Å². The molecule has 6 rings (SSSR count). The van der Waals surface area contributed by atoms with Crippen molar-refractivity contribution < 1.29 is 19.1 Å². The van der Waals surface area contributed by atoms with Gasteiger partial charge >= 0.3 is 0 Å². The van der Waals surface area contributed by atoms with E-state index in [1.807, 2.05) is 48.5 Å². The second-order valence-corrected chi connectivity index (χ2v) is 9.25. The zero-order valence-corrected chi connectivity index (χ0v) is 20.0. The van der Waals surface area contributed by atoms with E-state index in [2.05, 4.69) is 5.32 Å². The lowest BCUT2D eigenvalue weighted by atomic mass is 9.89. The summed E-state index contributed by atoms with van der Waals surface area (Å²) in [6.07, 6.45) is 2.75. The fraction of sp³-hybridized carbons (Fsp3) is 0.143. The van der Waals surface area contributed by atoms with Crippen molar-refractivity contribution >= 4 is 46.4 Å². The molecule has 1 N–H and O–H groups in total. The first-order valence-corrected chi connectivity index (χ1v) is 12.1. The van der Waals surface area contributed by atoms with Gasteiger partial charge in [0, 0.05) is 6.54 Å². The van der Waals surface area contributed by atoms with E-state index in [0.717, 1.165) is 23.2 Å². The average molecular weight is 496 g/mol. The zero-order valence-electron chi connectivity index (χ0n) is 19.1. The van der Waals surface area contributed by atoms with Crippen LogP contribution >= 0.6 is 12.2 Å². The van der Waals surface area contributed by atoms with Crippen LogP contribution in [0.3, 0.4) is 0 Å². The molecule has 3 aromatic carbocycles. The molecular weight excluding hydrogens is 474 g/mol. The van der Waals surface area contributed by atoms with E-state index in [4.69, 9.17) is 17.0 Å². The topological polar surface area (TPSA) is 79.0 Å². The Morgan fingerprint density at radius 1 is 0.889 bits per heavy atom. The summed E-state index contributed by atoms with van der Waals surface area (Å²) in [6, 6.07) is 22.2.